The predicted octanol–water partition coefficient (Wildman–Crippen LogP) is 4.23. The quantitative estimate of drug-likeness (QED) is 0.791. The average molecular weight is 247 g/mol. The Morgan fingerprint density at radius 1 is 1.29 bits per heavy atom. The van der Waals surface area contributed by atoms with Crippen molar-refractivity contribution in [3.63, 3.8) is 0 Å². The molecular formula is C14H17NOS. The lowest BCUT2D eigenvalue weighted by atomic mass is 9.79. The molecular weight excluding hydrogens is 230 g/mol. The Balaban J connectivity index is 2.04. The zero-order valence-corrected chi connectivity index (χ0v) is 10.9. The molecule has 2 heterocycles. The van der Waals surface area contributed by atoms with Gasteiger partial charge in [-0.25, -0.2) is 0 Å². The molecule has 3 heteroatoms. The maximum absolute atomic E-state index is 8.10. The highest BCUT2D eigenvalue weighted by Gasteiger charge is 2.44. The molecule has 1 saturated carbocycles. The highest BCUT2D eigenvalue weighted by molar-refractivity contribution is 7.11. The maximum atomic E-state index is 8.10. The van der Waals surface area contributed by atoms with Crippen LogP contribution in [0.3, 0.4) is 0 Å². The van der Waals surface area contributed by atoms with Crippen molar-refractivity contribution >= 4 is 22.8 Å². The molecule has 0 aromatic carbocycles. The van der Waals surface area contributed by atoms with Crippen molar-refractivity contribution < 1.29 is 4.74 Å². The smallest absolute Gasteiger partial charge is 0.215 e. The van der Waals surface area contributed by atoms with Gasteiger partial charge in [0.2, 0.25) is 5.90 Å². The highest BCUT2D eigenvalue weighted by Crippen LogP contribution is 2.46. The van der Waals surface area contributed by atoms with Gasteiger partial charge < -0.3 is 4.74 Å². The van der Waals surface area contributed by atoms with E-state index in [9.17, 15) is 0 Å². The summed E-state index contributed by atoms with van der Waals surface area (Å²) in [5.74, 6) is 0.381. The average Bonchev–Trinajstić information content (AvgIpc) is 2.90. The second-order valence-electron chi connectivity index (χ2n) is 4.96. The van der Waals surface area contributed by atoms with Gasteiger partial charge in [0.1, 0.15) is 5.60 Å². The molecule has 2 aliphatic rings. The molecule has 0 amide bonds. The number of nitrogens with one attached hydrogen (secondary N) is 1. The van der Waals surface area contributed by atoms with E-state index in [-0.39, 0.29) is 5.60 Å². The van der Waals surface area contributed by atoms with Crippen molar-refractivity contribution in [3.05, 3.63) is 28.0 Å². The van der Waals surface area contributed by atoms with Crippen LogP contribution in [0.1, 0.15) is 43.9 Å². The fourth-order valence-corrected chi connectivity index (χ4v) is 3.86. The number of thiophene rings is 1. The Kier molecular flexibility index (Phi) is 2.58. The first-order valence-electron chi connectivity index (χ1n) is 6.26. The van der Waals surface area contributed by atoms with Gasteiger partial charge in [-0.1, -0.05) is 12.5 Å². The van der Waals surface area contributed by atoms with Gasteiger partial charge in [-0.05, 0) is 49.6 Å². The molecule has 1 aromatic rings. The molecule has 1 aromatic heterocycles. The van der Waals surface area contributed by atoms with E-state index in [2.05, 4.69) is 18.4 Å². The lowest BCUT2D eigenvalue weighted by Crippen LogP contribution is -2.33. The van der Waals surface area contributed by atoms with Crippen LogP contribution in [0.2, 0.25) is 0 Å². The van der Waals surface area contributed by atoms with Crippen molar-refractivity contribution in [1.82, 2.24) is 0 Å². The topological polar surface area (TPSA) is 33.1 Å². The zero-order chi connectivity index (χ0) is 11.9. The summed E-state index contributed by atoms with van der Waals surface area (Å²) in [5.41, 5.74) is 2.18. The van der Waals surface area contributed by atoms with Gasteiger partial charge in [0.05, 0.1) is 5.57 Å². The van der Waals surface area contributed by atoms with E-state index in [0.717, 1.165) is 18.4 Å². The van der Waals surface area contributed by atoms with Crippen molar-refractivity contribution in [3.8, 4) is 0 Å². The fraction of sp³-hybridized carbons (Fsp3) is 0.500. The van der Waals surface area contributed by atoms with E-state index in [0.29, 0.717) is 5.90 Å². The minimum Gasteiger partial charge on any atom is -0.466 e. The molecule has 0 radical (unpaired) electrons. The van der Waals surface area contributed by atoms with Gasteiger partial charge >= 0.3 is 0 Å². The minimum atomic E-state index is -0.144. The van der Waals surface area contributed by atoms with E-state index >= 15 is 0 Å². The Bertz CT molecular complexity index is 466. The first-order valence-corrected chi connectivity index (χ1v) is 7.14. The first kappa shape index (κ1) is 11.0. The summed E-state index contributed by atoms with van der Waals surface area (Å²) in [6.45, 7) is 2.15. The minimum absolute atomic E-state index is 0.144. The highest BCUT2D eigenvalue weighted by atomic mass is 32.1. The number of rotatable bonds is 1. The maximum Gasteiger partial charge on any atom is 0.215 e. The lowest BCUT2D eigenvalue weighted by Gasteiger charge is -2.33. The summed E-state index contributed by atoms with van der Waals surface area (Å²) in [7, 11) is 0. The Labute approximate surface area is 106 Å². The third-order valence-corrected chi connectivity index (χ3v) is 4.90. The number of ether oxygens (including phenoxy) is 1. The van der Waals surface area contributed by atoms with E-state index in [1.54, 1.807) is 11.3 Å². The number of hydrogen-bond donors (Lipinski definition) is 1. The fourth-order valence-electron chi connectivity index (χ4n) is 3.04. The van der Waals surface area contributed by atoms with Gasteiger partial charge in [-0.3, -0.25) is 5.41 Å². The summed E-state index contributed by atoms with van der Waals surface area (Å²) in [5, 5.41) is 10.2. The van der Waals surface area contributed by atoms with Crippen LogP contribution in [0.5, 0.6) is 0 Å². The summed E-state index contributed by atoms with van der Waals surface area (Å²) in [6, 6.07) is 4.13. The molecule has 0 bridgehead atoms. The van der Waals surface area contributed by atoms with E-state index in [4.69, 9.17) is 10.1 Å². The van der Waals surface area contributed by atoms with E-state index in [1.807, 2.05) is 6.07 Å². The Hall–Kier alpha value is -1.09. The van der Waals surface area contributed by atoms with Crippen molar-refractivity contribution in [2.24, 2.45) is 0 Å². The van der Waals surface area contributed by atoms with Crippen LogP contribution in [0.25, 0.3) is 5.57 Å². The van der Waals surface area contributed by atoms with Crippen molar-refractivity contribution in [1.29, 1.82) is 5.41 Å². The van der Waals surface area contributed by atoms with E-state index < -0.39 is 0 Å². The molecule has 0 unspecified atom stereocenters. The van der Waals surface area contributed by atoms with Gasteiger partial charge in [0, 0.05) is 4.88 Å². The van der Waals surface area contributed by atoms with Crippen LogP contribution in [0.4, 0.5) is 0 Å². The van der Waals surface area contributed by atoms with Gasteiger partial charge in [-0.15, -0.1) is 11.3 Å². The molecule has 1 spiro atoms. The van der Waals surface area contributed by atoms with Crippen molar-refractivity contribution in [2.45, 2.75) is 44.6 Å². The molecule has 0 atom stereocenters. The second kappa shape index (κ2) is 3.98. The normalized spacial score (nSPS) is 23.2. The van der Waals surface area contributed by atoms with E-state index in [1.165, 1.54) is 29.7 Å². The predicted molar refractivity (Wildman–Crippen MR) is 71.5 cm³/mol. The SMILES string of the molecule is CC1=C(c2cccs2)C(=N)OC12CCCCC2. The van der Waals surface area contributed by atoms with Gasteiger partial charge in [0.25, 0.3) is 0 Å². The molecule has 1 N–H and O–H groups in total. The molecule has 1 aliphatic heterocycles. The van der Waals surface area contributed by atoms with Crippen LogP contribution >= 0.6 is 11.3 Å². The first-order chi connectivity index (χ1) is 8.23. The lowest BCUT2D eigenvalue weighted by molar-refractivity contribution is 0.0649. The van der Waals surface area contributed by atoms with Crippen molar-refractivity contribution in [2.75, 3.05) is 0 Å². The molecule has 2 nitrogen and oxygen atoms in total. The van der Waals surface area contributed by atoms with Gasteiger partial charge in [0.15, 0.2) is 0 Å². The monoisotopic (exact) mass is 247 g/mol. The Morgan fingerprint density at radius 3 is 2.71 bits per heavy atom. The van der Waals surface area contributed by atoms with Gasteiger partial charge in [-0.2, -0.15) is 0 Å². The molecule has 1 aliphatic carbocycles. The summed E-state index contributed by atoms with van der Waals surface area (Å²) >= 11 is 1.70. The molecule has 90 valence electrons. The zero-order valence-electron chi connectivity index (χ0n) is 10.1. The standard InChI is InChI=1S/C14H17NOS/c1-10-12(11-6-5-9-17-11)13(15)16-14(10)7-3-2-4-8-14/h5-6,9,15H,2-4,7-8H2,1H3. The van der Waals surface area contributed by atoms with Crippen LogP contribution in [-0.2, 0) is 4.74 Å². The number of hydrogen-bond acceptors (Lipinski definition) is 3. The summed E-state index contributed by atoms with van der Waals surface area (Å²) in [6.07, 6.45) is 5.91. The summed E-state index contributed by atoms with van der Waals surface area (Å²) < 4.78 is 5.95. The molecule has 1 fully saturated rings. The van der Waals surface area contributed by atoms with Crippen LogP contribution < -0.4 is 0 Å². The summed E-state index contributed by atoms with van der Waals surface area (Å²) in [4.78, 5) is 1.18. The second-order valence-corrected chi connectivity index (χ2v) is 5.91. The molecule has 17 heavy (non-hydrogen) atoms. The van der Waals surface area contributed by atoms with Crippen LogP contribution in [0.15, 0.2) is 23.1 Å². The molecule has 0 saturated heterocycles. The molecule has 3 rings (SSSR count). The van der Waals surface area contributed by atoms with Crippen LogP contribution in [0, 0.1) is 5.41 Å². The van der Waals surface area contributed by atoms with Crippen LogP contribution in [-0.4, -0.2) is 11.5 Å². The third kappa shape index (κ3) is 1.64. The largest absolute Gasteiger partial charge is 0.466 e. The Morgan fingerprint density at radius 2 is 2.06 bits per heavy atom. The third-order valence-electron chi connectivity index (χ3n) is 4.01.